The number of ketones is 1. The minimum absolute atomic E-state index is 0.0416. The second-order valence-electron chi connectivity index (χ2n) is 7.35. The van der Waals surface area contributed by atoms with Crippen molar-refractivity contribution < 1.29 is 29.3 Å². The van der Waals surface area contributed by atoms with E-state index < -0.39 is 42.2 Å². The van der Waals surface area contributed by atoms with Crippen LogP contribution in [0, 0.1) is 11.8 Å². The number of hydrogen-bond donors (Lipinski definition) is 2. The van der Waals surface area contributed by atoms with Gasteiger partial charge < -0.3 is 19.7 Å². The molecule has 1 aliphatic carbocycles. The predicted molar refractivity (Wildman–Crippen MR) is 103 cm³/mol. The summed E-state index contributed by atoms with van der Waals surface area (Å²) < 4.78 is 11.4. The lowest BCUT2D eigenvalue weighted by Crippen LogP contribution is -2.45. The summed E-state index contributed by atoms with van der Waals surface area (Å²) in [5, 5.41) is 20.9. The van der Waals surface area contributed by atoms with Crippen molar-refractivity contribution in [3.63, 3.8) is 0 Å². The molecule has 1 fully saturated rings. The van der Waals surface area contributed by atoms with Crippen LogP contribution in [0.25, 0.3) is 0 Å². The summed E-state index contributed by atoms with van der Waals surface area (Å²) in [6.45, 7) is 3.61. The molecule has 0 bridgehead atoms. The third kappa shape index (κ3) is 4.18. The molecule has 0 aromatic rings. The molecule has 0 radical (unpaired) electrons. The van der Waals surface area contributed by atoms with Gasteiger partial charge in [0.15, 0.2) is 5.78 Å². The Morgan fingerprint density at radius 3 is 2.54 bits per heavy atom. The predicted octanol–water partition coefficient (Wildman–Crippen LogP) is 2.15. The molecule has 6 heteroatoms. The van der Waals surface area contributed by atoms with E-state index in [1.165, 1.54) is 6.08 Å². The Labute approximate surface area is 164 Å². The maximum Gasteiger partial charge on any atom is 0.338 e. The van der Waals surface area contributed by atoms with Crippen LogP contribution in [-0.4, -0.2) is 46.4 Å². The van der Waals surface area contributed by atoms with Gasteiger partial charge in [0.25, 0.3) is 0 Å². The summed E-state index contributed by atoms with van der Waals surface area (Å²) in [7, 11) is 0. The SMILES string of the molecule is CC=CC=CC=CC1=C2C(=O)OC(C)CC(O)CC(O)C3C(=O)C=CC(O1)C23. The van der Waals surface area contributed by atoms with Crippen LogP contribution >= 0.6 is 0 Å². The molecule has 0 aromatic heterocycles. The molecule has 6 unspecified atom stereocenters. The van der Waals surface area contributed by atoms with Crippen molar-refractivity contribution >= 4 is 11.8 Å². The van der Waals surface area contributed by atoms with Crippen LogP contribution in [0.15, 0.2) is 59.9 Å². The first-order chi connectivity index (χ1) is 13.4. The lowest BCUT2D eigenvalue weighted by molar-refractivity contribution is -0.147. The molecule has 28 heavy (non-hydrogen) atoms. The molecular formula is C22H26O6. The van der Waals surface area contributed by atoms with E-state index >= 15 is 0 Å². The molecule has 3 rings (SSSR count). The number of hydrogen-bond acceptors (Lipinski definition) is 6. The number of carbonyl (C=O) groups excluding carboxylic acids is 2. The molecule has 1 saturated heterocycles. The summed E-state index contributed by atoms with van der Waals surface area (Å²) in [5.41, 5.74) is 0.269. The molecule has 0 spiro atoms. The van der Waals surface area contributed by atoms with Gasteiger partial charge in [-0.15, -0.1) is 0 Å². The molecule has 6 atom stereocenters. The Balaban J connectivity index is 2.02. The average Bonchev–Trinajstić information content (AvgIpc) is 2.98. The Bertz CT molecular complexity index is 772. The summed E-state index contributed by atoms with van der Waals surface area (Å²) in [6.07, 6.45) is 11.1. The second-order valence-corrected chi connectivity index (χ2v) is 7.35. The molecule has 6 nitrogen and oxygen atoms in total. The Hall–Kier alpha value is -2.44. The lowest BCUT2D eigenvalue weighted by atomic mass is 9.72. The van der Waals surface area contributed by atoms with Crippen molar-refractivity contribution in [2.75, 3.05) is 0 Å². The fourth-order valence-electron chi connectivity index (χ4n) is 4.01. The Morgan fingerprint density at radius 1 is 1.04 bits per heavy atom. The van der Waals surface area contributed by atoms with Crippen molar-refractivity contribution in [3.05, 3.63) is 59.9 Å². The number of ether oxygens (including phenoxy) is 2. The normalized spacial score (nSPS) is 36.3. The highest BCUT2D eigenvalue weighted by molar-refractivity contribution is 5.98. The van der Waals surface area contributed by atoms with Crippen LogP contribution in [0.1, 0.15) is 26.7 Å². The van der Waals surface area contributed by atoms with Crippen LogP contribution in [-0.2, 0) is 19.1 Å². The van der Waals surface area contributed by atoms with Gasteiger partial charge >= 0.3 is 5.97 Å². The molecule has 3 aliphatic rings. The largest absolute Gasteiger partial charge is 0.485 e. The fraction of sp³-hybridized carbons (Fsp3) is 0.455. The van der Waals surface area contributed by atoms with Gasteiger partial charge in [0.05, 0.1) is 23.7 Å². The van der Waals surface area contributed by atoms with E-state index in [-0.39, 0.29) is 24.2 Å². The zero-order valence-electron chi connectivity index (χ0n) is 16.0. The van der Waals surface area contributed by atoms with Gasteiger partial charge in [-0.1, -0.05) is 30.4 Å². The van der Waals surface area contributed by atoms with Crippen LogP contribution in [0.3, 0.4) is 0 Å². The minimum Gasteiger partial charge on any atom is -0.485 e. The van der Waals surface area contributed by atoms with E-state index in [2.05, 4.69) is 0 Å². The van der Waals surface area contributed by atoms with E-state index in [1.807, 2.05) is 25.2 Å². The maximum atomic E-state index is 12.9. The lowest BCUT2D eigenvalue weighted by Gasteiger charge is -2.34. The molecule has 0 aromatic carbocycles. The van der Waals surface area contributed by atoms with Crippen molar-refractivity contribution in [1.82, 2.24) is 0 Å². The molecule has 2 N–H and O–H groups in total. The highest BCUT2D eigenvalue weighted by Crippen LogP contribution is 2.43. The third-order valence-electron chi connectivity index (χ3n) is 5.22. The smallest absolute Gasteiger partial charge is 0.338 e. The van der Waals surface area contributed by atoms with Gasteiger partial charge in [0, 0.05) is 18.8 Å². The van der Waals surface area contributed by atoms with Gasteiger partial charge in [0.2, 0.25) is 0 Å². The van der Waals surface area contributed by atoms with Gasteiger partial charge in [-0.3, -0.25) is 4.79 Å². The highest BCUT2D eigenvalue weighted by atomic mass is 16.5. The van der Waals surface area contributed by atoms with Crippen LogP contribution < -0.4 is 0 Å². The molecule has 0 amide bonds. The van der Waals surface area contributed by atoms with E-state index in [9.17, 15) is 19.8 Å². The standard InChI is InChI=1S/C22H26O6/c1-3-4-5-6-7-8-17-21-20-18(28-17)10-9-15(24)19(20)16(25)12-14(23)11-13(2)27-22(21)26/h3-10,13-14,16,18-20,23,25H,11-12H2,1-2H3. The summed E-state index contributed by atoms with van der Waals surface area (Å²) in [4.78, 5) is 25.4. The van der Waals surface area contributed by atoms with Gasteiger partial charge in [0.1, 0.15) is 18.0 Å². The van der Waals surface area contributed by atoms with E-state index in [4.69, 9.17) is 9.47 Å². The van der Waals surface area contributed by atoms with Gasteiger partial charge in [-0.05, 0) is 32.1 Å². The number of rotatable bonds is 3. The number of cyclic esters (lactones) is 1. The molecule has 150 valence electrons. The number of esters is 1. The van der Waals surface area contributed by atoms with Gasteiger partial charge in [-0.25, -0.2) is 4.79 Å². The topological polar surface area (TPSA) is 93.1 Å². The molecule has 2 heterocycles. The first-order valence-electron chi connectivity index (χ1n) is 9.58. The van der Waals surface area contributed by atoms with Crippen LogP contribution in [0.5, 0.6) is 0 Å². The minimum atomic E-state index is -1.07. The highest BCUT2D eigenvalue weighted by Gasteiger charge is 2.51. The second kappa shape index (κ2) is 8.71. The maximum absolute atomic E-state index is 12.9. The van der Waals surface area contributed by atoms with Crippen molar-refractivity contribution in [2.24, 2.45) is 11.8 Å². The number of aliphatic hydroxyl groups is 2. The van der Waals surface area contributed by atoms with Gasteiger partial charge in [-0.2, -0.15) is 0 Å². The monoisotopic (exact) mass is 386 g/mol. The van der Waals surface area contributed by atoms with E-state index in [0.717, 1.165) is 0 Å². The van der Waals surface area contributed by atoms with E-state index in [0.29, 0.717) is 5.76 Å². The number of allylic oxidation sites excluding steroid dienone is 7. The first kappa shape index (κ1) is 20.3. The summed E-state index contributed by atoms with van der Waals surface area (Å²) in [6, 6.07) is 0. The van der Waals surface area contributed by atoms with E-state index in [1.54, 1.807) is 31.2 Å². The zero-order valence-corrected chi connectivity index (χ0v) is 16.0. The number of carbonyl (C=O) groups is 2. The summed E-state index contributed by atoms with van der Waals surface area (Å²) >= 11 is 0. The molecular weight excluding hydrogens is 360 g/mol. The Morgan fingerprint density at radius 2 is 1.79 bits per heavy atom. The fourth-order valence-corrected chi connectivity index (χ4v) is 4.01. The van der Waals surface area contributed by atoms with Crippen molar-refractivity contribution in [3.8, 4) is 0 Å². The van der Waals surface area contributed by atoms with Crippen LogP contribution in [0.2, 0.25) is 0 Å². The first-order valence-corrected chi connectivity index (χ1v) is 9.58. The quantitative estimate of drug-likeness (QED) is 0.570. The molecule has 0 saturated carbocycles. The number of aliphatic hydroxyl groups excluding tert-OH is 2. The van der Waals surface area contributed by atoms with Crippen LogP contribution in [0.4, 0.5) is 0 Å². The molecule has 2 aliphatic heterocycles. The van der Waals surface area contributed by atoms with Crippen molar-refractivity contribution in [2.45, 2.75) is 51.1 Å². The zero-order chi connectivity index (χ0) is 20.3. The van der Waals surface area contributed by atoms with Crippen molar-refractivity contribution in [1.29, 1.82) is 0 Å². The Kier molecular flexibility index (Phi) is 6.31. The average molecular weight is 386 g/mol. The summed E-state index contributed by atoms with van der Waals surface area (Å²) in [5.74, 6) is -2.01. The third-order valence-corrected chi connectivity index (χ3v) is 5.22.